The van der Waals surface area contributed by atoms with E-state index >= 15 is 0 Å². The van der Waals surface area contributed by atoms with Crippen molar-refractivity contribution in [2.45, 2.75) is 25.8 Å². The summed E-state index contributed by atoms with van der Waals surface area (Å²) in [5.41, 5.74) is 2.82. The van der Waals surface area contributed by atoms with Gasteiger partial charge in [0.1, 0.15) is 11.6 Å². The first kappa shape index (κ1) is 18.0. The first-order valence-corrected chi connectivity index (χ1v) is 11.0. The molecule has 1 N–H and O–H groups in total. The number of hydrogen-bond acceptors (Lipinski definition) is 5. The molecule has 1 fully saturated rings. The minimum Gasteiger partial charge on any atom is -0.497 e. The van der Waals surface area contributed by atoms with Crippen molar-refractivity contribution in [3.63, 3.8) is 0 Å². The van der Waals surface area contributed by atoms with Crippen molar-refractivity contribution < 1.29 is 17.9 Å². The summed E-state index contributed by atoms with van der Waals surface area (Å²) >= 11 is 0. The molecule has 1 atom stereocenters. The second-order valence-corrected chi connectivity index (χ2v) is 9.43. The van der Waals surface area contributed by atoms with Crippen LogP contribution in [0, 0.1) is 5.92 Å². The van der Waals surface area contributed by atoms with Gasteiger partial charge in [-0.05, 0) is 25.0 Å². The number of carbonyl (C=O) groups is 1. The lowest BCUT2D eigenvalue weighted by atomic mass is 10.0. The number of ether oxygens (including phenoxy) is 1. The zero-order chi connectivity index (χ0) is 19.0. The van der Waals surface area contributed by atoms with Gasteiger partial charge in [0.05, 0.1) is 42.5 Å². The normalized spacial score (nSPS) is 21.5. The van der Waals surface area contributed by atoms with Crippen molar-refractivity contribution in [3.8, 4) is 17.1 Å². The molecule has 4 rings (SSSR count). The van der Waals surface area contributed by atoms with Gasteiger partial charge in [-0.3, -0.25) is 4.79 Å². The lowest BCUT2D eigenvalue weighted by Gasteiger charge is -2.31. The van der Waals surface area contributed by atoms with E-state index in [0.29, 0.717) is 32.4 Å². The molecule has 0 aliphatic carbocycles. The molecule has 0 bridgehead atoms. The zero-order valence-corrected chi connectivity index (χ0v) is 16.1. The minimum atomic E-state index is -3.09. The quantitative estimate of drug-likeness (QED) is 0.864. The summed E-state index contributed by atoms with van der Waals surface area (Å²) in [6.45, 7) is 1.02. The van der Waals surface area contributed by atoms with Gasteiger partial charge in [0.2, 0.25) is 5.91 Å². The van der Waals surface area contributed by atoms with Gasteiger partial charge >= 0.3 is 0 Å². The summed E-state index contributed by atoms with van der Waals surface area (Å²) < 4.78 is 29.0. The van der Waals surface area contributed by atoms with Gasteiger partial charge in [0, 0.05) is 18.5 Å². The maximum absolute atomic E-state index is 12.8. The molecular formula is C19H23N3O4S. The highest BCUT2D eigenvalue weighted by atomic mass is 32.2. The number of imidazole rings is 1. The standard InChI is InChI=1S/C19H23N3O4S/c1-26-15-6-2-4-13(10-15)18-20-16-7-8-22(11-17(16)21-18)19(23)14-5-3-9-27(24,25)12-14/h2,4,6,10,14H,3,5,7-9,11-12H2,1H3,(H,20,21)/t14-/m0/s1. The molecule has 2 aromatic rings. The van der Waals surface area contributed by atoms with E-state index in [-0.39, 0.29) is 17.4 Å². The average Bonchev–Trinajstić information content (AvgIpc) is 3.10. The molecule has 1 aromatic carbocycles. The lowest BCUT2D eigenvalue weighted by molar-refractivity contribution is -0.136. The van der Waals surface area contributed by atoms with Crippen LogP contribution < -0.4 is 4.74 Å². The van der Waals surface area contributed by atoms with Crippen LogP contribution in [0.15, 0.2) is 24.3 Å². The van der Waals surface area contributed by atoms with E-state index in [1.165, 1.54) is 0 Å². The topological polar surface area (TPSA) is 92.4 Å². The smallest absolute Gasteiger partial charge is 0.227 e. The fraction of sp³-hybridized carbons (Fsp3) is 0.474. The Morgan fingerprint density at radius 2 is 2.22 bits per heavy atom. The van der Waals surface area contributed by atoms with E-state index in [0.717, 1.165) is 28.5 Å². The van der Waals surface area contributed by atoms with Gasteiger partial charge in [0.25, 0.3) is 0 Å². The van der Waals surface area contributed by atoms with Crippen LogP contribution in [0.2, 0.25) is 0 Å². The monoisotopic (exact) mass is 389 g/mol. The number of rotatable bonds is 3. The third-order valence-electron chi connectivity index (χ3n) is 5.30. The molecule has 1 saturated heterocycles. The molecule has 1 aromatic heterocycles. The number of fused-ring (bicyclic) bond motifs is 1. The fourth-order valence-corrected chi connectivity index (χ4v) is 5.56. The molecule has 0 spiro atoms. The maximum Gasteiger partial charge on any atom is 0.227 e. The number of carbonyl (C=O) groups excluding carboxylic acids is 1. The van der Waals surface area contributed by atoms with Gasteiger partial charge in [0.15, 0.2) is 9.84 Å². The summed E-state index contributed by atoms with van der Waals surface area (Å²) in [6.07, 6.45) is 1.89. The molecule has 144 valence electrons. The Morgan fingerprint density at radius 1 is 1.37 bits per heavy atom. The Kier molecular flexibility index (Phi) is 4.67. The number of methoxy groups -OCH3 is 1. The molecule has 1 amide bonds. The summed E-state index contributed by atoms with van der Waals surface area (Å²) in [5, 5.41) is 0. The number of benzene rings is 1. The Bertz CT molecular complexity index is 967. The van der Waals surface area contributed by atoms with E-state index in [1.807, 2.05) is 24.3 Å². The summed E-state index contributed by atoms with van der Waals surface area (Å²) in [6, 6.07) is 7.67. The Morgan fingerprint density at radius 3 is 3.00 bits per heavy atom. The van der Waals surface area contributed by atoms with Crippen LogP contribution in [-0.4, -0.2) is 54.4 Å². The summed E-state index contributed by atoms with van der Waals surface area (Å²) in [7, 11) is -1.47. The van der Waals surface area contributed by atoms with Crippen LogP contribution in [0.5, 0.6) is 5.75 Å². The van der Waals surface area contributed by atoms with Crippen LogP contribution in [-0.2, 0) is 27.6 Å². The van der Waals surface area contributed by atoms with Crippen LogP contribution in [0.25, 0.3) is 11.4 Å². The van der Waals surface area contributed by atoms with Crippen molar-refractivity contribution >= 4 is 15.7 Å². The van der Waals surface area contributed by atoms with Gasteiger partial charge in [-0.1, -0.05) is 12.1 Å². The number of aromatic amines is 1. The van der Waals surface area contributed by atoms with E-state index in [1.54, 1.807) is 12.0 Å². The molecule has 3 heterocycles. The molecule has 0 saturated carbocycles. The number of H-pyrrole nitrogens is 1. The largest absolute Gasteiger partial charge is 0.497 e. The van der Waals surface area contributed by atoms with Crippen molar-refractivity contribution in [2.24, 2.45) is 5.92 Å². The molecule has 27 heavy (non-hydrogen) atoms. The second kappa shape index (κ2) is 6.99. The van der Waals surface area contributed by atoms with Gasteiger partial charge in [-0.2, -0.15) is 0 Å². The third-order valence-corrected chi connectivity index (χ3v) is 7.12. The number of sulfone groups is 1. The van der Waals surface area contributed by atoms with Crippen LogP contribution in [0.4, 0.5) is 0 Å². The van der Waals surface area contributed by atoms with Crippen LogP contribution in [0.3, 0.4) is 0 Å². The van der Waals surface area contributed by atoms with Crippen molar-refractivity contribution in [1.29, 1.82) is 0 Å². The lowest BCUT2D eigenvalue weighted by Crippen LogP contribution is -2.43. The van der Waals surface area contributed by atoms with E-state index in [2.05, 4.69) is 9.97 Å². The third kappa shape index (κ3) is 3.71. The van der Waals surface area contributed by atoms with Crippen molar-refractivity contribution in [1.82, 2.24) is 14.9 Å². The molecule has 0 radical (unpaired) electrons. The summed E-state index contributed by atoms with van der Waals surface area (Å²) in [4.78, 5) is 22.6. The molecule has 7 nitrogen and oxygen atoms in total. The number of hydrogen-bond donors (Lipinski definition) is 1. The molecule has 8 heteroatoms. The average molecular weight is 389 g/mol. The first-order chi connectivity index (χ1) is 12.9. The molecule has 0 unspecified atom stereocenters. The zero-order valence-electron chi connectivity index (χ0n) is 15.3. The SMILES string of the molecule is COc1cccc(-c2nc3c([nH]2)CN(C(=O)[C@H]2CCCS(=O)(=O)C2)CC3)c1. The number of nitrogens with one attached hydrogen (secondary N) is 1. The fourth-order valence-electron chi connectivity index (χ4n) is 3.86. The van der Waals surface area contributed by atoms with E-state index in [4.69, 9.17) is 4.74 Å². The Hall–Kier alpha value is -2.35. The van der Waals surface area contributed by atoms with Crippen LogP contribution >= 0.6 is 0 Å². The summed E-state index contributed by atoms with van der Waals surface area (Å²) in [5.74, 6) is 1.23. The maximum atomic E-state index is 12.8. The van der Waals surface area contributed by atoms with Crippen molar-refractivity contribution in [3.05, 3.63) is 35.7 Å². The predicted molar refractivity (Wildman–Crippen MR) is 101 cm³/mol. The van der Waals surface area contributed by atoms with Gasteiger partial charge < -0.3 is 14.6 Å². The number of aromatic nitrogens is 2. The highest BCUT2D eigenvalue weighted by Gasteiger charge is 2.34. The highest BCUT2D eigenvalue weighted by Crippen LogP contribution is 2.27. The molecule has 2 aliphatic rings. The van der Waals surface area contributed by atoms with E-state index in [9.17, 15) is 13.2 Å². The second-order valence-electron chi connectivity index (χ2n) is 7.21. The number of amides is 1. The number of nitrogens with zero attached hydrogens (tertiary/aromatic N) is 2. The van der Waals surface area contributed by atoms with Crippen molar-refractivity contribution in [2.75, 3.05) is 25.2 Å². The van der Waals surface area contributed by atoms with Gasteiger partial charge in [-0.25, -0.2) is 13.4 Å². The molecule has 2 aliphatic heterocycles. The predicted octanol–water partition coefficient (Wildman–Crippen LogP) is 1.79. The van der Waals surface area contributed by atoms with Crippen LogP contribution in [0.1, 0.15) is 24.2 Å². The van der Waals surface area contributed by atoms with E-state index < -0.39 is 15.8 Å². The van der Waals surface area contributed by atoms with Gasteiger partial charge in [-0.15, -0.1) is 0 Å². The molecular weight excluding hydrogens is 366 g/mol. The highest BCUT2D eigenvalue weighted by molar-refractivity contribution is 7.91. The Labute approximate surface area is 158 Å². The first-order valence-electron chi connectivity index (χ1n) is 9.16. The Balaban J connectivity index is 1.52. The minimum absolute atomic E-state index is 0.0206.